The highest BCUT2D eigenvalue weighted by Crippen LogP contribution is 2.47. The van der Waals surface area contributed by atoms with Crippen LogP contribution in [-0.4, -0.2) is 106 Å². The molecule has 0 saturated carbocycles. The summed E-state index contributed by atoms with van der Waals surface area (Å²) in [7, 11) is 2.19. The lowest BCUT2D eigenvalue weighted by Crippen LogP contribution is -2.53. The number of cyclic esters (lactones) is 1. The van der Waals surface area contributed by atoms with Crippen molar-refractivity contribution in [1.29, 1.82) is 0 Å². The Morgan fingerprint density at radius 1 is 0.494 bits per heavy atom. The van der Waals surface area contributed by atoms with Gasteiger partial charge in [0.25, 0.3) is 16.8 Å². The van der Waals surface area contributed by atoms with Crippen LogP contribution >= 0.6 is 0 Å². The summed E-state index contributed by atoms with van der Waals surface area (Å²) in [6.45, 7) is 3.72. The van der Waals surface area contributed by atoms with Crippen LogP contribution in [0.5, 0.6) is 0 Å². The molecule has 9 atom stereocenters. The largest absolute Gasteiger partial charge is 0.459 e. The zero-order valence-corrected chi connectivity index (χ0v) is 50.2. The maximum absolute atomic E-state index is 15.2. The molecular formula is C65H83F9O13. The number of halogens is 9. The first kappa shape index (κ1) is 71.9. The Hall–Kier alpha value is -5.84. The summed E-state index contributed by atoms with van der Waals surface area (Å²) in [6, 6.07) is 18.7. The second-order valence-corrected chi connectivity index (χ2v) is 22.3. The highest BCUT2D eigenvalue weighted by Gasteiger charge is 2.67. The van der Waals surface area contributed by atoms with Crippen LogP contribution in [0.3, 0.4) is 0 Å². The van der Waals surface area contributed by atoms with Gasteiger partial charge in [-0.15, -0.1) is 0 Å². The number of Topliss-reactive ketones (excluding diaryl/α,β-unsaturated/α-hetero) is 1. The molecular weight excluding hydrogens is 1160 g/mol. The summed E-state index contributed by atoms with van der Waals surface area (Å²) in [6.07, 6.45) is -11.0. The van der Waals surface area contributed by atoms with Gasteiger partial charge in [0.2, 0.25) is 0 Å². The topological polar surface area (TPSA) is 159 Å². The van der Waals surface area contributed by atoms with Crippen molar-refractivity contribution < 1.29 is 101 Å². The average molecular weight is 1240 g/mol. The van der Waals surface area contributed by atoms with E-state index in [9.17, 15) is 37.1 Å². The fraction of sp³-hybridized carbons (Fsp3) is 0.615. The van der Waals surface area contributed by atoms with Gasteiger partial charge in [0.05, 0.1) is 12.2 Å². The first-order chi connectivity index (χ1) is 41.4. The third-order valence-corrected chi connectivity index (χ3v) is 16.2. The van der Waals surface area contributed by atoms with Crippen LogP contribution in [0.4, 0.5) is 39.5 Å². The molecule has 0 aromatic heterocycles. The Morgan fingerprint density at radius 2 is 0.839 bits per heavy atom. The van der Waals surface area contributed by atoms with E-state index in [1.807, 2.05) is 0 Å². The van der Waals surface area contributed by atoms with Gasteiger partial charge < -0.3 is 37.9 Å². The molecule has 0 radical (unpaired) electrons. The number of methoxy groups -OCH3 is 3. The highest BCUT2D eigenvalue weighted by atomic mass is 19.4. The van der Waals surface area contributed by atoms with Crippen LogP contribution in [-0.2, 0) is 78.7 Å². The zero-order chi connectivity index (χ0) is 63.9. The number of carbonyl (C=O) groups is 5. The van der Waals surface area contributed by atoms with Crippen LogP contribution < -0.4 is 0 Å². The van der Waals surface area contributed by atoms with E-state index in [2.05, 4.69) is 6.92 Å². The molecule has 0 aliphatic carbocycles. The minimum atomic E-state index is -5.35. The van der Waals surface area contributed by atoms with E-state index in [0.717, 1.165) is 102 Å². The van der Waals surface area contributed by atoms with E-state index in [1.54, 1.807) is 6.92 Å². The third-order valence-electron chi connectivity index (χ3n) is 16.2. The lowest BCUT2D eigenvalue weighted by molar-refractivity contribution is -0.281. The van der Waals surface area contributed by atoms with Crippen LogP contribution in [0.1, 0.15) is 178 Å². The second kappa shape index (κ2) is 33.7. The van der Waals surface area contributed by atoms with Crippen molar-refractivity contribution in [2.24, 2.45) is 0 Å². The van der Waals surface area contributed by atoms with Gasteiger partial charge in [-0.05, 0) is 77.2 Å². The molecule has 0 spiro atoms. The summed E-state index contributed by atoms with van der Waals surface area (Å²) in [4.78, 5) is 67.7. The molecule has 2 aliphatic heterocycles. The Labute approximate surface area is 503 Å². The Morgan fingerprint density at radius 3 is 1.21 bits per heavy atom. The van der Waals surface area contributed by atoms with Crippen LogP contribution in [0, 0.1) is 0 Å². The third kappa shape index (κ3) is 18.6. The Kier molecular flexibility index (Phi) is 27.8. The minimum Gasteiger partial charge on any atom is -0.459 e. The number of ether oxygens (including phenoxy) is 8. The highest BCUT2D eigenvalue weighted by molar-refractivity contribution is 5.91. The first-order valence-corrected chi connectivity index (χ1v) is 30.1. The molecule has 22 heteroatoms. The minimum absolute atomic E-state index is 0.00376. The van der Waals surface area contributed by atoms with Crippen molar-refractivity contribution >= 4 is 29.7 Å². The normalized spacial score (nSPS) is 19.6. The summed E-state index contributed by atoms with van der Waals surface area (Å²) in [5, 5.41) is 0. The fourth-order valence-corrected chi connectivity index (χ4v) is 11.4. The molecule has 0 bridgehead atoms. The molecule has 87 heavy (non-hydrogen) atoms. The van der Waals surface area contributed by atoms with Crippen LogP contribution in [0.25, 0.3) is 0 Å². The number of ketones is 1. The molecule has 0 amide bonds. The summed E-state index contributed by atoms with van der Waals surface area (Å²) >= 11 is 0. The SMILES string of the molecule is CCCCCCCCCCCC[C@H](OC(=O)[C@](OC)(c1ccccc1)C(F)(F)F)[C@@H]1CC[C@H]([C@@H](CCCCC(=O)CCCCC[C@H](CC2=C[C@H](C)OC2=O)OC(=O)[C@](OC)(c2ccccc2)C(F)(F)F)OC(=O)[C@](OC)(c2ccccc2)C(F)(F)F)O1. The second-order valence-electron chi connectivity index (χ2n) is 22.3. The van der Waals surface area contributed by atoms with Crippen molar-refractivity contribution in [3.63, 3.8) is 0 Å². The molecule has 1 saturated heterocycles. The molecule has 5 rings (SSSR count). The lowest BCUT2D eigenvalue weighted by Gasteiger charge is -2.36. The number of rotatable bonds is 38. The van der Waals surface area contributed by atoms with E-state index in [-0.39, 0.29) is 82.0 Å². The predicted octanol–water partition coefficient (Wildman–Crippen LogP) is 15.2. The van der Waals surface area contributed by atoms with E-state index in [0.29, 0.717) is 32.8 Å². The maximum Gasteiger partial charge on any atom is 0.432 e. The van der Waals surface area contributed by atoms with Gasteiger partial charge in [0, 0.05) is 62.9 Å². The van der Waals surface area contributed by atoms with Crippen molar-refractivity contribution in [1.82, 2.24) is 0 Å². The van der Waals surface area contributed by atoms with Gasteiger partial charge >= 0.3 is 42.4 Å². The van der Waals surface area contributed by atoms with Crippen molar-refractivity contribution in [2.75, 3.05) is 21.3 Å². The number of unbranched alkanes of at least 4 members (excludes halogenated alkanes) is 12. The molecule has 3 aromatic rings. The maximum atomic E-state index is 15.2. The Balaban J connectivity index is 1.29. The van der Waals surface area contributed by atoms with Gasteiger partial charge in [-0.25, -0.2) is 19.2 Å². The van der Waals surface area contributed by atoms with Crippen molar-refractivity contribution in [2.45, 2.75) is 233 Å². The molecule has 0 N–H and O–H groups in total. The van der Waals surface area contributed by atoms with Crippen molar-refractivity contribution in [3.8, 4) is 0 Å². The smallest absolute Gasteiger partial charge is 0.432 e. The Bertz CT molecular complexity index is 2640. The average Bonchev–Trinajstić information content (AvgIpc) is 1.36. The van der Waals surface area contributed by atoms with E-state index in [4.69, 9.17) is 37.9 Å². The monoisotopic (exact) mass is 1240 g/mol. The number of hydrogen-bond acceptors (Lipinski definition) is 13. The number of benzene rings is 3. The van der Waals surface area contributed by atoms with Gasteiger partial charge in [-0.3, -0.25) is 4.79 Å². The summed E-state index contributed by atoms with van der Waals surface area (Å²) in [5.74, 6) is -6.22. The van der Waals surface area contributed by atoms with E-state index < -0.39 is 113 Å². The zero-order valence-electron chi connectivity index (χ0n) is 50.2. The summed E-state index contributed by atoms with van der Waals surface area (Å²) in [5.41, 5.74) is -12.1. The van der Waals surface area contributed by atoms with Gasteiger partial charge in [0.1, 0.15) is 30.2 Å². The van der Waals surface area contributed by atoms with Crippen LogP contribution in [0.15, 0.2) is 103 Å². The molecule has 13 nitrogen and oxygen atoms in total. The molecule has 484 valence electrons. The quantitative estimate of drug-likeness (QED) is 0.0231. The van der Waals surface area contributed by atoms with E-state index >= 15 is 26.3 Å². The molecule has 3 aromatic carbocycles. The van der Waals surface area contributed by atoms with Crippen molar-refractivity contribution in [3.05, 3.63) is 119 Å². The number of carbonyl (C=O) groups excluding carboxylic acids is 5. The van der Waals surface area contributed by atoms with Gasteiger partial charge in [0.15, 0.2) is 0 Å². The molecule has 2 heterocycles. The predicted molar refractivity (Wildman–Crippen MR) is 302 cm³/mol. The van der Waals surface area contributed by atoms with Crippen LogP contribution in [0.2, 0.25) is 0 Å². The van der Waals surface area contributed by atoms with Gasteiger partial charge in [-0.1, -0.05) is 162 Å². The first-order valence-electron chi connectivity index (χ1n) is 30.1. The number of alkyl halides is 9. The van der Waals surface area contributed by atoms with Gasteiger partial charge in [-0.2, -0.15) is 39.5 Å². The lowest BCUT2D eigenvalue weighted by atomic mass is 9.92. The molecule has 0 unspecified atom stereocenters. The molecule has 1 fully saturated rings. The summed E-state index contributed by atoms with van der Waals surface area (Å²) < 4.78 is 179. The molecule has 2 aliphatic rings. The fourth-order valence-electron chi connectivity index (χ4n) is 11.4. The van der Waals surface area contributed by atoms with E-state index in [1.165, 1.54) is 60.7 Å². The standard InChI is InChI=1S/C65H83F9O13/c1-6-7-8-9-10-11-12-13-14-27-39-52(86-58(78)61(81-4,64(69,70)71)48-32-21-16-22-33-48)54-41-42-55(85-54)53(87-59(79)62(82-5,65(72,73)74)49-34-23-17-24-35-49)40-29-28-37-50(75)36-25-18-26-38-51(44-46-43-45(2)83-56(46)76)84-57(77)60(80-3,63(66,67)68)47-30-19-15-20-31-47/h15-17,19-24,30-35,43,45,51-55H,6-14,18,25-29,36-42,44H2,1-5H3/t45-,51+,52-,53+,54-,55+,60+,61+,62+/m0/s1. The number of hydrogen-bond donors (Lipinski definition) is 0. The number of esters is 4.